The van der Waals surface area contributed by atoms with Crippen molar-refractivity contribution >= 4 is 28.4 Å². The Balaban J connectivity index is 2.86. The topological polar surface area (TPSA) is 12.4 Å². The maximum Gasteiger partial charge on any atom is 0.424 e. The minimum atomic E-state index is -4.59. The van der Waals surface area contributed by atoms with Crippen molar-refractivity contribution in [3.8, 4) is 0 Å². The zero-order valence-corrected chi connectivity index (χ0v) is 8.81. The van der Waals surface area contributed by atoms with Crippen molar-refractivity contribution in [2.24, 2.45) is 4.99 Å². The molecule has 0 fully saturated rings. The second-order valence-corrected chi connectivity index (χ2v) is 3.43. The van der Waals surface area contributed by atoms with E-state index in [-0.39, 0.29) is 5.17 Å². The molecule has 0 radical (unpaired) electrons. The summed E-state index contributed by atoms with van der Waals surface area (Å²) in [5, 5.41) is -0.257. The van der Waals surface area contributed by atoms with Crippen molar-refractivity contribution in [2.45, 2.75) is 11.7 Å². The third-order valence-electron chi connectivity index (χ3n) is 1.51. The van der Waals surface area contributed by atoms with Crippen LogP contribution < -0.4 is 0 Å². The summed E-state index contributed by atoms with van der Waals surface area (Å²) in [4.78, 5) is 3.14. The van der Waals surface area contributed by atoms with Gasteiger partial charge in [0, 0.05) is 5.56 Å². The SMILES string of the molecule is FC(F)(F)C(Cl)N=C(Cl)c1ccccc1. The summed E-state index contributed by atoms with van der Waals surface area (Å²) in [5.74, 6) is 0. The van der Waals surface area contributed by atoms with Gasteiger partial charge in [-0.1, -0.05) is 53.5 Å². The van der Waals surface area contributed by atoms with Gasteiger partial charge in [0.2, 0.25) is 5.50 Å². The normalized spacial score (nSPS) is 15.1. The lowest BCUT2D eigenvalue weighted by molar-refractivity contribution is -0.128. The minimum Gasteiger partial charge on any atom is -0.243 e. The molecule has 1 atom stereocenters. The summed E-state index contributed by atoms with van der Waals surface area (Å²) in [6.45, 7) is 0. The highest BCUT2D eigenvalue weighted by atomic mass is 35.5. The van der Waals surface area contributed by atoms with Crippen LogP contribution in [0.5, 0.6) is 0 Å². The van der Waals surface area contributed by atoms with Crippen LogP contribution in [0, 0.1) is 0 Å². The first kappa shape index (κ1) is 12.3. The molecule has 6 heteroatoms. The van der Waals surface area contributed by atoms with Crippen LogP contribution in [0.15, 0.2) is 35.3 Å². The second-order valence-electron chi connectivity index (χ2n) is 2.66. The number of hydrogen-bond donors (Lipinski definition) is 0. The molecule has 0 bridgehead atoms. The fourth-order valence-corrected chi connectivity index (χ4v) is 1.19. The first-order valence-corrected chi connectivity index (χ1v) is 4.72. The number of rotatable bonds is 2. The molecule has 1 unspecified atom stereocenters. The molecule has 0 aromatic heterocycles. The van der Waals surface area contributed by atoms with E-state index < -0.39 is 11.7 Å². The quantitative estimate of drug-likeness (QED) is 0.433. The number of nitrogens with zero attached hydrogens (tertiary/aromatic N) is 1. The minimum absolute atomic E-state index is 0.257. The second kappa shape index (κ2) is 4.86. The van der Waals surface area contributed by atoms with Gasteiger partial charge < -0.3 is 0 Å². The third-order valence-corrected chi connectivity index (χ3v) is 2.17. The Morgan fingerprint density at radius 3 is 2.20 bits per heavy atom. The fraction of sp³-hybridized carbons (Fsp3) is 0.222. The van der Waals surface area contributed by atoms with Crippen molar-refractivity contribution in [3.05, 3.63) is 35.9 Å². The highest BCUT2D eigenvalue weighted by Gasteiger charge is 2.38. The number of alkyl halides is 4. The molecule has 1 nitrogen and oxygen atoms in total. The number of hydrogen-bond acceptors (Lipinski definition) is 1. The number of benzene rings is 1. The molecular weight excluding hydrogens is 250 g/mol. The molecule has 0 amide bonds. The maximum absolute atomic E-state index is 12.0. The monoisotopic (exact) mass is 255 g/mol. The van der Waals surface area contributed by atoms with Gasteiger partial charge in [0.05, 0.1) is 0 Å². The Hall–Kier alpha value is -0.740. The van der Waals surface area contributed by atoms with Crippen LogP contribution >= 0.6 is 23.2 Å². The molecule has 0 aliphatic carbocycles. The Kier molecular flexibility index (Phi) is 3.99. The highest BCUT2D eigenvalue weighted by molar-refractivity contribution is 6.69. The van der Waals surface area contributed by atoms with E-state index in [2.05, 4.69) is 4.99 Å². The highest BCUT2D eigenvalue weighted by Crippen LogP contribution is 2.26. The van der Waals surface area contributed by atoms with E-state index in [1.807, 2.05) is 0 Å². The van der Waals surface area contributed by atoms with E-state index in [0.29, 0.717) is 5.56 Å². The van der Waals surface area contributed by atoms with Gasteiger partial charge in [-0.05, 0) is 0 Å². The van der Waals surface area contributed by atoms with E-state index in [1.165, 1.54) is 0 Å². The van der Waals surface area contributed by atoms with Gasteiger partial charge in [0.25, 0.3) is 0 Å². The van der Waals surface area contributed by atoms with Gasteiger partial charge in [-0.2, -0.15) is 13.2 Å². The molecule has 1 aromatic carbocycles. The number of halogens is 5. The van der Waals surface area contributed by atoms with Crippen LogP contribution in [0.2, 0.25) is 0 Å². The molecule has 15 heavy (non-hydrogen) atoms. The molecule has 0 aliphatic heterocycles. The average molecular weight is 256 g/mol. The van der Waals surface area contributed by atoms with E-state index in [0.717, 1.165) is 0 Å². The predicted molar refractivity (Wildman–Crippen MR) is 54.5 cm³/mol. The van der Waals surface area contributed by atoms with Crippen LogP contribution in [0.3, 0.4) is 0 Å². The van der Waals surface area contributed by atoms with Gasteiger partial charge >= 0.3 is 6.18 Å². The van der Waals surface area contributed by atoms with Crippen LogP contribution in [0.25, 0.3) is 0 Å². The molecule has 1 aromatic rings. The molecule has 0 N–H and O–H groups in total. The van der Waals surface area contributed by atoms with E-state index in [9.17, 15) is 13.2 Å². The van der Waals surface area contributed by atoms with E-state index in [4.69, 9.17) is 23.2 Å². The summed E-state index contributed by atoms with van der Waals surface area (Å²) in [6, 6.07) is 8.10. The lowest BCUT2D eigenvalue weighted by Crippen LogP contribution is -2.22. The van der Waals surface area contributed by atoms with Crippen molar-refractivity contribution < 1.29 is 13.2 Å². The lowest BCUT2D eigenvalue weighted by Gasteiger charge is -2.09. The average Bonchev–Trinajstić information content (AvgIpc) is 2.17. The lowest BCUT2D eigenvalue weighted by atomic mass is 10.2. The van der Waals surface area contributed by atoms with Crippen LogP contribution in [0.4, 0.5) is 13.2 Å². The van der Waals surface area contributed by atoms with Crippen LogP contribution in [-0.4, -0.2) is 16.8 Å². The zero-order chi connectivity index (χ0) is 11.5. The summed E-state index contributed by atoms with van der Waals surface area (Å²) in [7, 11) is 0. The Bertz CT molecular complexity index is 348. The molecule has 0 heterocycles. The first-order chi connectivity index (χ1) is 6.91. The Morgan fingerprint density at radius 2 is 1.73 bits per heavy atom. The number of aliphatic imine (C=N–C) groups is 1. The smallest absolute Gasteiger partial charge is 0.243 e. The third kappa shape index (κ3) is 3.72. The molecule has 1 rings (SSSR count). The van der Waals surface area contributed by atoms with Gasteiger partial charge in [0.1, 0.15) is 5.17 Å². The van der Waals surface area contributed by atoms with Crippen LogP contribution in [-0.2, 0) is 0 Å². The molecule has 0 aliphatic rings. The van der Waals surface area contributed by atoms with Crippen molar-refractivity contribution in [2.75, 3.05) is 0 Å². The largest absolute Gasteiger partial charge is 0.424 e. The zero-order valence-electron chi connectivity index (χ0n) is 7.30. The van der Waals surface area contributed by atoms with Gasteiger partial charge in [-0.15, -0.1) is 0 Å². The van der Waals surface area contributed by atoms with Crippen molar-refractivity contribution in [3.63, 3.8) is 0 Å². The summed E-state index contributed by atoms with van der Waals surface area (Å²) >= 11 is 10.6. The summed E-state index contributed by atoms with van der Waals surface area (Å²) in [5.41, 5.74) is -1.92. The van der Waals surface area contributed by atoms with Crippen molar-refractivity contribution in [1.82, 2.24) is 0 Å². The summed E-state index contributed by atoms with van der Waals surface area (Å²) < 4.78 is 36.1. The fourth-order valence-electron chi connectivity index (χ4n) is 0.823. The van der Waals surface area contributed by atoms with Gasteiger partial charge in [0.15, 0.2) is 0 Å². The molecular formula is C9H6Cl2F3N. The Morgan fingerprint density at radius 1 is 1.20 bits per heavy atom. The first-order valence-electron chi connectivity index (χ1n) is 3.91. The molecule has 0 spiro atoms. The molecule has 0 saturated carbocycles. The predicted octanol–water partition coefficient (Wildman–Crippen LogP) is 3.80. The van der Waals surface area contributed by atoms with Crippen LogP contribution in [0.1, 0.15) is 5.56 Å². The standard InChI is InChI=1S/C9H6Cl2F3N/c10-7(6-4-2-1-3-5-6)15-8(11)9(12,13)14/h1-5,8H. The van der Waals surface area contributed by atoms with E-state index >= 15 is 0 Å². The van der Waals surface area contributed by atoms with Crippen molar-refractivity contribution in [1.29, 1.82) is 0 Å². The Labute approximate surface area is 94.5 Å². The van der Waals surface area contributed by atoms with Gasteiger partial charge in [-0.3, -0.25) is 0 Å². The molecule has 82 valence electrons. The van der Waals surface area contributed by atoms with Gasteiger partial charge in [-0.25, -0.2) is 4.99 Å². The van der Waals surface area contributed by atoms with E-state index in [1.54, 1.807) is 30.3 Å². The maximum atomic E-state index is 12.0. The summed E-state index contributed by atoms with van der Waals surface area (Å²) in [6.07, 6.45) is -4.59. The molecule has 0 saturated heterocycles.